The van der Waals surface area contributed by atoms with E-state index in [4.69, 9.17) is 14.7 Å². The van der Waals surface area contributed by atoms with Crippen LogP contribution in [-0.4, -0.2) is 83.0 Å². The van der Waals surface area contributed by atoms with Crippen molar-refractivity contribution in [3.8, 4) is 17.6 Å². The normalized spacial score (nSPS) is 17.5. The predicted molar refractivity (Wildman–Crippen MR) is 151 cm³/mol. The molecule has 0 atom stereocenters. The van der Waals surface area contributed by atoms with Crippen molar-refractivity contribution in [2.75, 3.05) is 52.5 Å². The van der Waals surface area contributed by atoms with Crippen LogP contribution in [-0.2, 0) is 22.6 Å². The molecule has 0 bridgehead atoms. The minimum Gasteiger partial charge on any atom is -0.492 e. The van der Waals surface area contributed by atoms with Crippen molar-refractivity contribution in [1.82, 2.24) is 24.8 Å². The minimum absolute atomic E-state index is 0.183. The zero-order chi connectivity index (χ0) is 27.6. The number of nitrogens with one attached hydrogen (secondary N) is 1. The Morgan fingerprint density at radius 3 is 2.23 bits per heavy atom. The van der Waals surface area contributed by atoms with Crippen LogP contribution in [0.2, 0.25) is 0 Å². The summed E-state index contributed by atoms with van der Waals surface area (Å²) in [5.74, 6) is 6.69. The molecular formula is C31H37N5O4. The van der Waals surface area contributed by atoms with Gasteiger partial charge in [-0.3, -0.25) is 19.8 Å². The van der Waals surface area contributed by atoms with Crippen LogP contribution in [0.25, 0.3) is 0 Å². The summed E-state index contributed by atoms with van der Waals surface area (Å²) < 4.78 is 13.4. The maximum Gasteiger partial charge on any atom is 0.253 e. The number of ether oxygens (including phenoxy) is 2. The topological polar surface area (TPSA) is 92.1 Å². The number of carbonyl (C=O) groups excluding carboxylic acids is 1. The molecule has 210 valence electrons. The molecule has 0 saturated carbocycles. The molecule has 2 aliphatic rings. The van der Waals surface area contributed by atoms with E-state index in [0.29, 0.717) is 31.8 Å². The summed E-state index contributed by atoms with van der Waals surface area (Å²) in [5, 5.41) is 9.16. The van der Waals surface area contributed by atoms with Crippen molar-refractivity contribution in [3.63, 3.8) is 0 Å². The first-order valence-corrected chi connectivity index (χ1v) is 13.9. The fourth-order valence-corrected chi connectivity index (χ4v) is 5.12. The van der Waals surface area contributed by atoms with Crippen LogP contribution in [0, 0.1) is 17.3 Å². The lowest BCUT2D eigenvalue weighted by atomic mass is 9.80. The van der Waals surface area contributed by atoms with Gasteiger partial charge in [-0.25, -0.2) is 10.5 Å². The Balaban J connectivity index is 1.07. The molecule has 2 aliphatic heterocycles. The highest BCUT2D eigenvalue weighted by atomic mass is 16.5. The van der Waals surface area contributed by atoms with Crippen molar-refractivity contribution in [1.29, 1.82) is 0 Å². The first-order chi connectivity index (χ1) is 19.6. The Hall–Kier alpha value is -3.68. The predicted octanol–water partition coefficient (Wildman–Crippen LogP) is 2.78. The Bertz CT molecular complexity index is 1270. The van der Waals surface area contributed by atoms with Crippen LogP contribution < -0.4 is 10.2 Å². The molecule has 2 aromatic carbocycles. The van der Waals surface area contributed by atoms with Crippen LogP contribution in [0.3, 0.4) is 0 Å². The third kappa shape index (κ3) is 7.49. The van der Waals surface area contributed by atoms with E-state index in [9.17, 15) is 4.79 Å². The van der Waals surface area contributed by atoms with E-state index >= 15 is 0 Å². The highest BCUT2D eigenvalue weighted by molar-refractivity contribution is 5.81. The molecule has 0 radical (unpaired) electrons. The molecule has 2 fully saturated rings. The van der Waals surface area contributed by atoms with E-state index in [1.165, 1.54) is 5.56 Å². The number of benzene rings is 2. The fraction of sp³-hybridized carbons (Fsp3) is 0.419. The molecule has 1 amide bonds. The number of hydrogen-bond acceptors (Lipinski definition) is 7. The summed E-state index contributed by atoms with van der Waals surface area (Å²) in [6.45, 7) is 8.47. The van der Waals surface area contributed by atoms with Gasteiger partial charge in [0.15, 0.2) is 0 Å². The first kappa shape index (κ1) is 27.9. The molecule has 40 heavy (non-hydrogen) atoms. The molecule has 0 spiro atoms. The summed E-state index contributed by atoms with van der Waals surface area (Å²) in [7, 11) is 0. The number of imidazole rings is 1. The molecule has 3 heterocycles. The number of hydroxylamine groups is 1. The van der Waals surface area contributed by atoms with Crippen molar-refractivity contribution < 1.29 is 19.5 Å². The average Bonchev–Trinajstić information content (AvgIpc) is 3.54. The molecule has 1 aromatic heterocycles. The Morgan fingerprint density at radius 2 is 1.60 bits per heavy atom. The highest BCUT2D eigenvalue weighted by Crippen LogP contribution is 2.32. The van der Waals surface area contributed by atoms with Crippen molar-refractivity contribution in [2.45, 2.75) is 25.9 Å². The van der Waals surface area contributed by atoms with Gasteiger partial charge in [-0.15, -0.1) is 0 Å². The summed E-state index contributed by atoms with van der Waals surface area (Å²) >= 11 is 0. The zero-order valence-corrected chi connectivity index (χ0v) is 22.8. The summed E-state index contributed by atoms with van der Waals surface area (Å²) in [6.07, 6.45) is 6.74. The molecule has 0 unspecified atom stereocenters. The molecule has 0 aliphatic carbocycles. The molecule has 9 heteroatoms. The third-order valence-corrected chi connectivity index (χ3v) is 7.81. The van der Waals surface area contributed by atoms with E-state index < -0.39 is 11.3 Å². The lowest BCUT2D eigenvalue weighted by Gasteiger charge is -2.34. The van der Waals surface area contributed by atoms with Crippen LogP contribution in [0.5, 0.6) is 5.75 Å². The van der Waals surface area contributed by atoms with Crippen molar-refractivity contribution in [3.05, 3.63) is 83.9 Å². The van der Waals surface area contributed by atoms with Gasteiger partial charge in [0.1, 0.15) is 12.4 Å². The van der Waals surface area contributed by atoms with Gasteiger partial charge in [0.2, 0.25) is 0 Å². The second-order valence-electron chi connectivity index (χ2n) is 10.5. The summed E-state index contributed by atoms with van der Waals surface area (Å²) in [5.41, 5.74) is 4.17. The largest absolute Gasteiger partial charge is 0.492 e. The number of rotatable bonds is 9. The molecular weight excluding hydrogens is 506 g/mol. The lowest BCUT2D eigenvalue weighted by Crippen LogP contribution is -2.47. The van der Waals surface area contributed by atoms with Crippen LogP contribution in [0.4, 0.5) is 0 Å². The number of amides is 1. The lowest BCUT2D eigenvalue weighted by molar-refractivity contribution is -0.148. The highest BCUT2D eigenvalue weighted by Gasteiger charge is 2.41. The third-order valence-electron chi connectivity index (χ3n) is 7.81. The van der Waals surface area contributed by atoms with Gasteiger partial charge in [0.25, 0.3) is 5.91 Å². The van der Waals surface area contributed by atoms with Gasteiger partial charge in [-0.05, 0) is 54.8 Å². The fourth-order valence-electron chi connectivity index (χ4n) is 5.12. The zero-order valence-electron chi connectivity index (χ0n) is 22.8. The Labute approximate surface area is 235 Å². The van der Waals surface area contributed by atoms with E-state index in [-0.39, 0.29) is 6.61 Å². The number of piperazine rings is 1. The van der Waals surface area contributed by atoms with Crippen LogP contribution in [0.15, 0.2) is 67.3 Å². The summed E-state index contributed by atoms with van der Waals surface area (Å²) in [6, 6.07) is 16.0. The molecule has 3 aromatic rings. The Kier molecular flexibility index (Phi) is 9.47. The van der Waals surface area contributed by atoms with Crippen LogP contribution in [0.1, 0.15) is 29.5 Å². The van der Waals surface area contributed by atoms with Gasteiger partial charge in [-0.2, -0.15) is 0 Å². The smallest absolute Gasteiger partial charge is 0.253 e. The van der Waals surface area contributed by atoms with Gasteiger partial charge < -0.3 is 14.0 Å². The molecule has 9 nitrogen and oxygen atoms in total. The van der Waals surface area contributed by atoms with Crippen molar-refractivity contribution >= 4 is 5.91 Å². The maximum absolute atomic E-state index is 12.3. The molecule has 5 rings (SSSR count). The van der Waals surface area contributed by atoms with E-state index in [1.54, 1.807) is 5.48 Å². The second kappa shape index (κ2) is 13.6. The number of carbonyl (C=O) groups is 1. The van der Waals surface area contributed by atoms with Gasteiger partial charge in [0, 0.05) is 82.5 Å². The monoisotopic (exact) mass is 543 g/mol. The van der Waals surface area contributed by atoms with Crippen molar-refractivity contribution in [2.24, 2.45) is 5.41 Å². The van der Waals surface area contributed by atoms with Gasteiger partial charge >= 0.3 is 0 Å². The maximum atomic E-state index is 12.3. The van der Waals surface area contributed by atoms with E-state index in [2.05, 4.69) is 55.5 Å². The van der Waals surface area contributed by atoms with Gasteiger partial charge in [0.05, 0.1) is 11.7 Å². The average molecular weight is 544 g/mol. The SMILES string of the molecule is O=C(NO)C1(COc2ccc(C#Cc3ccc(CN4CCN(CCn5ccnc5)CC4)cc3)cc2)CCOCC1. The molecule has 2 N–H and O–H groups in total. The quantitative estimate of drug-likeness (QED) is 0.244. The number of aromatic nitrogens is 2. The van der Waals surface area contributed by atoms with E-state index in [0.717, 1.165) is 56.9 Å². The molecule has 2 saturated heterocycles. The number of nitrogens with zero attached hydrogens (tertiary/aromatic N) is 4. The van der Waals surface area contributed by atoms with Gasteiger partial charge in [-0.1, -0.05) is 24.0 Å². The van der Waals surface area contributed by atoms with Crippen LogP contribution >= 0.6 is 0 Å². The Morgan fingerprint density at radius 1 is 0.950 bits per heavy atom. The van der Waals surface area contributed by atoms with E-state index in [1.807, 2.05) is 43.0 Å². The first-order valence-electron chi connectivity index (χ1n) is 13.9. The second-order valence-corrected chi connectivity index (χ2v) is 10.5. The number of hydrogen-bond donors (Lipinski definition) is 2. The minimum atomic E-state index is -0.785. The standard InChI is InChI=1S/C31H37N5O4/c37-30(33-38)31(11-21-39-22-12-31)24-40-29-9-7-27(8-10-29)2-1-26-3-5-28(6-4-26)23-35-18-15-34(16-19-35)17-20-36-14-13-32-25-36/h3-10,13-14,25,38H,11-12,15-24H2,(H,33,37). The summed E-state index contributed by atoms with van der Waals surface area (Å²) in [4.78, 5) is 21.4.